The van der Waals surface area contributed by atoms with E-state index in [4.69, 9.17) is 9.72 Å². The molecular formula is C17H29N3O. The van der Waals surface area contributed by atoms with Gasteiger partial charge in [-0.25, -0.2) is 4.98 Å². The van der Waals surface area contributed by atoms with Crippen molar-refractivity contribution in [3.8, 4) is 0 Å². The molecule has 1 aromatic rings. The Morgan fingerprint density at radius 2 is 2.24 bits per heavy atom. The zero-order valence-corrected chi connectivity index (χ0v) is 13.9. The molecule has 0 bridgehead atoms. The van der Waals surface area contributed by atoms with Crippen LogP contribution in [0.4, 0.5) is 5.82 Å². The maximum Gasteiger partial charge on any atom is 0.128 e. The topological polar surface area (TPSA) is 37.4 Å². The fraction of sp³-hybridized carbons (Fsp3) is 0.706. The van der Waals surface area contributed by atoms with Crippen LogP contribution >= 0.6 is 0 Å². The monoisotopic (exact) mass is 291 g/mol. The van der Waals surface area contributed by atoms with Gasteiger partial charge in [-0.15, -0.1) is 0 Å². The zero-order chi connectivity index (χ0) is 15.2. The highest BCUT2D eigenvalue weighted by atomic mass is 16.5. The summed E-state index contributed by atoms with van der Waals surface area (Å²) >= 11 is 0. The third kappa shape index (κ3) is 4.97. The van der Waals surface area contributed by atoms with E-state index in [0.717, 1.165) is 37.8 Å². The van der Waals surface area contributed by atoms with Crippen LogP contribution in [0.15, 0.2) is 12.1 Å². The molecule has 118 valence electrons. The van der Waals surface area contributed by atoms with Gasteiger partial charge < -0.3 is 15.0 Å². The molecule has 0 aliphatic carbocycles. The van der Waals surface area contributed by atoms with Gasteiger partial charge in [-0.3, -0.25) is 0 Å². The molecule has 4 nitrogen and oxygen atoms in total. The van der Waals surface area contributed by atoms with Crippen molar-refractivity contribution in [2.75, 3.05) is 31.6 Å². The molecule has 1 atom stereocenters. The summed E-state index contributed by atoms with van der Waals surface area (Å²) in [5, 5.41) is 3.48. The molecule has 21 heavy (non-hydrogen) atoms. The van der Waals surface area contributed by atoms with Crippen LogP contribution in [0.5, 0.6) is 0 Å². The van der Waals surface area contributed by atoms with Gasteiger partial charge in [0.05, 0.1) is 6.10 Å². The molecule has 1 N–H and O–H groups in total. The first-order valence-corrected chi connectivity index (χ1v) is 8.06. The number of hydrogen-bond acceptors (Lipinski definition) is 4. The molecule has 1 unspecified atom stereocenters. The molecule has 2 heterocycles. The summed E-state index contributed by atoms with van der Waals surface area (Å²) in [7, 11) is 2.10. The van der Waals surface area contributed by atoms with Crippen LogP contribution in [0.1, 0.15) is 37.9 Å². The molecule has 0 radical (unpaired) electrons. The maximum atomic E-state index is 5.70. The summed E-state index contributed by atoms with van der Waals surface area (Å²) in [5.74, 6) is 1.71. The predicted octanol–water partition coefficient (Wildman–Crippen LogP) is 2.75. The van der Waals surface area contributed by atoms with Crippen molar-refractivity contribution >= 4 is 5.82 Å². The number of nitrogens with one attached hydrogen (secondary N) is 1. The van der Waals surface area contributed by atoms with Crippen LogP contribution in [-0.2, 0) is 11.3 Å². The molecule has 1 saturated heterocycles. The minimum atomic E-state index is 0.365. The molecule has 0 spiro atoms. The Morgan fingerprint density at radius 3 is 2.86 bits per heavy atom. The van der Waals surface area contributed by atoms with Gasteiger partial charge in [0.15, 0.2) is 0 Å². The van der Waals surface area contributed by atoms with E-state index >= 15 is 0 Å². The molecule has 4 heteroatoms. The van der Waals surface area contributed by atoms with Gasteiger partial charge in [-0.2, -0.15) is 0 Å². The van der Waals surface area contributed by atoms with Gasteiger partial charge in [-0.05, 0) is 43.9 Å². The average Bonchev–Trinajstić information content (AvgIpc) is 2.93. The van der Waals surface area contributed by atoms with Crippen LogP contribution in [-0.4, -0.2) is 37.8 Å². The van der Waals surface area contributed by atoms with Crippen LogP contribution < -0.4 is 10.2 Å². The molecular weight excluding hydrogens is 262 g/mol. The number of anilines is 1. The van der Waals surface area contributed by atoms with Crippen LogP contribution in [0.3, 0.4) is 0 Å². The number of rotatable bonds is 7. The summed E-state index contributed by atoms with van der Waals surface area (Å²) in [5.41, 5.74) is 2.40. The number of aryl methyl sites for hydroxylation is 1. The summed E-state index contributed by atoms with van der Waals surface area (Å²) in [6, 6.07) is 4.31. The molecule has 0 saturated carbocycles. The number of ether oxygens (including phenoxy) is 1. The first-order valence-electron chi connectivity index (χ1n) is 8.06. The van der Waals surface area contributed by atoms with E-state index in [0.29, 0.717) is 12.0 Å². The van der Waals surface area contributed by atoms with Crippen molar-refractivity contribution in [3.05, 3.63) is 23.4 Å². The van der Waals surface area contributed by atoms with Gasteiger partial charge in [0.25, 0.3) is 0 Å². The van der Waals surface area contributed by atoms with Crippen molar-refractivity contribution in [3.63, 3.8) is 0 Å². The maximum absolute atomic E-state index is 5.70. The molecule has 2 rings (SSSR count). The van der Waals surface area contributed by atoms with Crippen molar-refractivity contribution in [1.82, 2.24) is 10.3 Å². The minimum absolute atomic E-state index is 0.365. The normalized spacial score (nSPS) is 18.4. The van der Waals surface area contributed by atoms with E-state index in [-0.39, 0.29) is 0 Å². The van der Waals surface area contributed by atoms with Gasteiger partial charge in [0.1, 0.15) is 5.82 Å². The molecule has 0 amide bonds. The lowest BCUT2D eigenvalue weighted by Crippen LogP contribution is -2.29. The Balaban J connectivity index is 1.90. The minimum Gasteiger partial charge on any atom is -0.376 e. The Bertz CT molecular complexity index is 442. The van der Waals surface area contributed by atoms with Crippen molar-refractivity contribution < 1.29 is 4.74 Å². The average molecular weight is 291 g/mol. The van der Waals surface area contributed by atoms with Gasteiger partial charge in [-0.1, -0.05) is 19.9 Å². The highest BCUT2D eigenvalue weighted by Gasteiger charge is 2.18. The smallest absolute Gasteiger partial charge is 0.128 e. The van der Waals surface area contributed by atoms with Crippen molar-refractivity contribution in [1.29, 1.82) is 0 Å². The Hall–Kier alpha value is -1.13. The number of aromatic nitrogens is 1. The van der Waals surface area contributed by atoms with Crippen LogP contribution in [0.25, 0.3) is 0 Å². The first-order chi connectivity index (χ1) is 10.1. The number of pyridine rings is 1. The highest BCUT2D eigenvalue weighted by molar-refractivity contribution is 5.41. The van der Waals surface area contributed by atoms with E-state index in [1.165, 1.54) is 18.4 Å². The fourth-order valence-electron chi connectivity index (χ4n) is 2.66. The predicted molar refractivity (Wildman–Crippen MR) is 87.8 cm³/mol. The summed E-state index contributed by atoms with van der Waals surface area (Å²) in [4.78, 5) is 6.95. The van der Waals surface area contributed by atoms with E-state index in [9.17, 15) is 0 Å². The second kappa shape index (κ2) is 7.76. The van der Waals surface area contributed by atoms with Crippen molar-refractivity contribution in [2.24, 2.45) is 5.92 Å². The molecule has 1 fully saturated rings. The largest absolute Gasteiger partial charge is 0.376 e. The number of hydrogen-bond donors (Lipinski definition) is 1. The Morgan fingerprint density at radius 1 is 1.43 bits per heavy atom. The van der Waals surface area contributed by atoms with E-state index < -0.39 is 0 Å². The van der Waals surface area contributed by atoms with Gasteiger partial charge in [0.2, 0.25) is 0 Å². The standard InChI is InChI=1S/C17H29N3O/c1-13(2)10-18-11-15-7-8-17(19-14(15)3)20(4)12-16-6-5-9-21-16/h7-8,13,16,18H,5-6,9-12H2,1-4H3. The highest BCUT2D eigenvalue weighted by Crippen LogP contribution is 2.18. The second-order valence-electron chi connectivity index (χ2n) is 6.45. The lowest BCUT2D eigenvalue weighted by atomic mass is 10.1. The molecule has 0 aromatic carbocycles. The lowest BCUT2D eigenvalue weighted by Gasteiger charge is -2.22. The van der Waals surface area contributed by atoms with Crippen molar-refractivity contribution in [2.45, 2.75) is 46.3 Å². The third-order valence-electron chi connectivity index (χ3n) is 3.94. The van der Waals surface area contributed by atoms with Gasteiger partial charge in [0, 0.05) is 32.4 Å². The van der Waals surface area contributed by atoms with E-state index in [1.807, 2.05) is 0 Å². The van der Waals surface area contributed by atoms with Crippen LogP contribution in [0.2, 0.25) is 0 Å². The van der Waals surface area contributed by atoms with Crippen LogP contribution in [0, 0.1) is 12.8 Å². The number of nitrogens with zero attached hydrogens (tertiary/aromatic N) is 2. The molecule has 1 aliphatic heterocycles. The Labute approximate surface area is 128 Å². The fourth-order valence-corrected chi connectivity index (χ4v) is 2.66. The molecule has 1 aliphatic rings. The number of likely N-dealkylation sites (N-methyl/N-ethyl adjacent to an activating group) is 1. The van der Waals surface area contributed by atoms with Gasteiger partial charge >= 0.3 is 0 Å². The lowest BCUT2D eigenvalue weighted by molar-refractivity contribution is 0.116. The summed E-state index contributed by atoms with van der Waals surface area (Å²) in [6.45, 7) is 10.3. The summed E-state index contributed by atoms with van der Waals surface area (Å²) < 4.78 is 5.70. The first kappa shape index (κ1) is 16.2. The summed E-state index contributed by atoms with van der Waals surface area (Å²) in [6.07, 6.45) is 2.72. The third-order valence-corrected chi connectivity index (χ3v) is 3.94. The Kier molecular flexibility index (Phi) is 6.00. The van der Waals surface area contributed by atoms with E-state index in [1.54, 1.807) is 0 Å². The van der Waals surface area contributed by atoms with E-state index in [2.05, 4.69) is 50.2 Å². The zero-order valence-electron chi connectivity index (χ0n) is 13.9. The molecule has 1 aromatic heterocycles. The second-order valence-corrected chi connectivity index (χ2v) is 6.45. The SMILES string of the molecule is Cc1nc(N(C)CC2CCCO2)ccc1CNCC(C)C. The quantitative estimate of drug-likeness (QED) is 0.838.